The maximum Gasteiger partial charge on any atom is 2.00 e. The van der Waals surface area contributed by atoms with Crippen LogP contribution in [0.2, 0.25) is 0 Å². The average Bonchev–Trinajstić information content (AvgIpc) is 1.72. The second kappa shape index (κ2) is 10.1. The standard InChI is InChI=1S/2C4H9O3P.Ca/c2*1-4(2,3)7-8(5)6;/h2*1-3H3;/q;;+2. The molecule has 0 aliphatic heterocycles. The Morgan fingerprint density at radius 1 is 0.765 bits per heavy atom. The summed E-state index contributed by atoms with van der Waals surface area (Å²) in [5.74, 6) is 0. The third-order valence-electron chi connectivity index (χ3n) is 0.697. The summed E-state index contributed by atoms with van der Waals surface area (Å²) in [7, 11) is -5.38. The molecule has 0 saturated carbocycles. The maximum absolute atomic E-state index is 9.83. The predicted octanol–water partition coefficient (Wildman–Crippen LogP) is 1.26. The Morgan fingerprint density at radius 3 is 0.941 bits per heavy atom. The van der Waals surface area contributed by atoms with Crippen LogP contribution in [-0.2, 0) is 18.2 Å². The number of hydrogen-bond donors (Lipinski definition) is 0. The molecular weight excluding hydrogens is 294 g/mol. The Balaban J connectivity index is -0.000000218. The summed E-state index contributed by atoms with van der Waals surface area (Å²) in [6.45, 7) is 10.1. The summed E-state index contributed by atoms with van der Waals surface area (Å²) in [6, 6.07) is 0. The smallest absolute Gasteiger partial charge is 0.566 e. The maximum atomic E-state index is 9.83. The molecule has 17 heavy (non-hydrogen) atoms. The zero-order valence-electron chi connectivity index (χ0n) is 11.1. The second-order valence-electron chi connectivity index (χ2n) is 4.85. The molecule has 0 aliphatic carbocycles. The van der Waals surface area contributed by atoms with Crippen LogP contribution in [0.5, 0.6) is 0 Å². The van der Waals surface area contributed by atoms with Gasteiger partial charge in [-0.15, -0.1) is 9.05 Å². The normalized spacial score (nSPS) is 12.9. The first-order chi connectivity index (χ1) is 6.83. The van der Waals surface area contributed by atoms with E-state index in [2.05, 4.69) is 9.05 Å². The van der Waals surface area contributed by atoms with E-state index in [1.165, 1.54) is 0 Å². The summed E-state index contributed by atoms with van der Waals surface area (Å²) >= 11 is 0. The van der Waals surface area contributed by atoms with E-state index in [1.54, 1.807) is 41.5 Å². The van der Waals surface area contributed by atoms with E-state index in [0.29, 0.717) is 0 Å². The molecule has 0 radical (unpaired) electrons. The Morgan fingerprint density at radius 2 is 0.941 bits per heavy atom. The Kier molecular flexibility index (Phi) is 13.9. The summed E-state index contributed by atoms with van der Waals surface area (Å²) < 4.78 is 28.4. The van der Waals surface area contributed by atoms with Gasteiger partial charge in [0.15, 0.2) is 0 Å². The molecular formula is C8H18CaO6P2+2. The van der Waals surface area contributed by atoms with Gasteiger partial charge in [0, 0.05) is 0 Å². The van der Waals surface area contributed by atoms with Crippen molar-refractivity contribution in [2.24, 2.45) is 0 Å². The van der Waals surface area contributed by atoms with E-state index in [-0.39, 0.29) is 37.7 Å². The van der Waals surface area contributed by atoms with E-state index < -0.39 is 27.7 Å². The van der Waals surface area contributed by atoms with Crippen molar-refractivity contribution in [1.29, 1.82) is 0 Å². The van der Waals surface area contributed by atoms with Crippen molar-refractivity contribution >= 4 is 54.2 Å². The minimum absolute atomic E-state index is 0. The van der Waals surface area contributed by atoms with Gasteiger partial charge in [0.2, 0.25) is 0 Å². The van der Waals surface area contributed by atoms with Crippen molar-refractivity contribution in [3.05, 3.63) is 0 Å². The number of hydrogen-bond acceptors (Lipinski definition) is 6. The molecule has 0 aromatic rings. The zero-order chi connectivity index (χ0) is 13.6. The van der Waals surface area contributed by atoms with Crippen LogP contribution in [0, 0.1) is 0 Å². The Labute approximate surface area is 134 Å². The molecule has 0 fully saturated rings. The van der Waals surface area contributed by atoms with Crippen molar-refractivity contribution in [1.82, 2.24) is 0 Å². The van der Waals surface area contributed by atoms with E-state index in [4.69, 9.17) is 0 Å². The van der Waals surface area contributed by atoms with Crippen LogP contribution < -0.4 is 9.79 Å². The Bertz CT molecular complexity index is 219. The van der Waals surface area contributed by atoms with Crippen molar-refractivity contribution < 1.29 is 28.0 Å². The molecule has 0 aromatic heterocycles. The first-order valence-corrected chi connectivity index (χ1v) is 6.69. The van der Waals surface area contributed by atoms with Crippen LogP contribution >= 0.6 is 16.5 Å². The summed E-state index contributed by atoms with van der Waals surface area (Å²) in [6.07, 6.45) is 0. The second-order valence-corrected chi connectivity index (χ2v) is 6.11. The third kappa shape index (κ3) is 31.7. The zero-order valence-corrected chi connectivity index (χ0v) is 15.0. The molecule has 0 spiro atoms. The molecule has 6 nitrogen and oxygen atoms in total. The first-order valence-electron chi connectivity index (χ1n) is 4.50. The fourth-order valence-corrected chi connectivity index (χ4v) is 1.34. The van der Waals surface area contributed by atoms with Gasteiger partial charge in [0.25, 0.3) is 0 Å². The van der Waals surface area contributed by atoms with Crippen LogP contribution in [0.1, 0.15) is 41.5 Å². The van der Waals surface area contributed by atoms with E-state index in [1.807, 2.05) is 0 Å². The molecule has 9 heteroatoms. The molecule has 0 aliphatic rings. The van der Waals surface area contributed by atoms with Gasteiger partial charge in [-0.05, 0) is 50.7 Å². The third-order valence-corrected chi connectivity index (χ3v) is 2.09. The van der Waals surface area contributed by atoms with Gasteiger partial charge >= 0.3 is 54.2 Å². The van der Waals surface area contributed by atoms with Crippen molar-refractivity contribution in [2.45, 2.75) is 52.7 Å². The van der Waals surface area contributed by atoms with Crippen molar-refractivity contribution in [2.75, 3.05) is 0 Å². The first kappa shape index (κ1) is 23.4. The van der Waals surface area contributed by atoms with Crippen LogP contribution in [0.15, 0.2) is 0 Å². The van der Waals surface area contributed by atoms with Gasteiger partial charge < -0.3 is 9.79 Å². The van der Waals surface area contributed by atoms with Crippen LogP contribution in [0.3, 0.4) is 0 Å². The molecule has 0 rings (SSSR count). The largest absolute Gasteiger partial charge is 2.00 e. The van der Waals surface area contributed by atoms with Gasteiger partial charge in [-0.3, -0.25) is 0 Å². The molecule has 0 saturated heterocycles. The van der Waals surface area contributed by atoms with Gasteiger partial charge in [-0.1, -0.05) is 0 Å². The van der Waals surface area contributed by atoms with Gasteiger partial charge in [-0.25, -0.2) is 0 Å². The molecule has 0 amide bonds. The molecule has 2 unspecified atom stereocenters. The van der Waals surface area contributed by atoms with Gasteiger partial charge in [0.1, 0.15) is 11.2 Å². The van der Waals surface area contributed by atoms with Crippen LogP contribution in [-0.4, -0.2) is 48.9 Å². The monoisotopic (exact) mass is 312 g/mol. The molecule has 0 bridgehead atoms. The predicted molar refractivity (Wildman–Crippen MR) is 62.6 cm³/mol. The fraction of sp³-hybridized carbons (Fsp3) is 1.00. The van der Waals surface area contributed by atoms with Crippen molar-refractivity contribution in [3.8, 4) is 0 Å². The van der Waals surface area contributed by atoms with Crippen molar-refractivity contribution in [3.63, 3.8) is 0 Å². The molecule has 0 N–H and O–H groups in total. The fourth-order valence-electron chi connectivity index (χ4n) is 0.447. The average molecular weight is 312 g/mol. The minimum atomic E-state index is -2.69. The van der Waals surface area contributed by atoms with Crippen LogP contribution in [0.25, 0.3) is 0 Å². The van der Waals surface area contributed by atoms with E-state index in [0.717, 1.165) is 0 Å². The van der Waals surface area contributed by atoms with Gasteiger partial charge in [-0.2, -0.15) is 0 Å². The SMILES string of the molecule is CC(C)(C)O[P+](=O)[O-].CC(C)(C)O[P+](=O)[O-].[Ca+2]. The topological polar surface area (TPSA) is 98.7 Å². The number of rotatable bonds is 2. The summed E-state index contributed by atoms with van der Waals surface area (Å²) in [5.41, 5.74) is -1.15. The van der Waals surface area contributed by atoms with E-state index in [9.17, 15) is 18.9 Å². The molecule has 2 atom stereocenters. The molecule has 0 aromatic carbocycles. The van der Waals surface area contributed by atoms with E-state index >= 15 is 0 Å². The summed E-state index contributed by atoms with van der Waals surface area (Å²) in [4.78, 5) is 19.7. The minimum Gasteiger partial charge on any atom is -0.566 e. The summed E-state index contributed by atoms with van der Waals surface area (Å²) in [5, 5.41) is 0. The van der Waals surface area contributed by atoms with Gasteiger partial charge in [0.05, 0.1) is 0 Å². The van der Waals surface area contributed by atoms with Crippen LogP contribution in [0.4, 0.5) is 0 Å². The molecule has 96 valence electrons. The molecule has 0 heterocycles. The quantitative estimate of drug-likeness (QED) is 0.562. The Hall–Kier alpha value is 1.30.